The number of likely N-dealkylation sites (N-methyl/N-ethyl adjacent to an activating group) is 1. The molecule has 0 unspecified atom stereocenters. The number of pyridine rings is 1. The van der Waals surface area contributed by atoms with Crippen LogP contribution in [-0.2, 0) is 4.74 Å². The minimum absolute atomic E-state index is 0.0359. The molecular weight excluding hydrogens is 312 g/mol. The molecule has 1 aromatic rings. The Morgan fingerprint density at radius 1 is 1.46 bits per heavy atom. The number of aromatic nitrogens is 1. The third kappa shape index (κ3) is 4.56. The summed E-state index contributed by atoms with van der Waals surface area (Å²) in [5.41, 5.74) is -0.554. The average molecular weight is 336 g/mol. The molecule has 1 aromatic heterocycles. The van der Waals surface area contributed by atoms with Crippen molar-refractivity contribution < 1.29 is 14.5 Å². The number of ether oxygens (including phenoxy) is 1. The lowest BCUT2D eigenvalue weighted by atomic mass is 10.0. The lowest BCUT2D eigenvalue weighted by molar-refractivity contribution is -0.385. The first-order chi connectivity index (χ1) is 11.2. The molecule has 0 saturated carbocycles. The molecule has 1 amide bonds. The maximum atomic E-state index is 12.2. The first-order valence-electron chi connectivity index (χ1n) is 7.98. The van der Waals surface area contributed by atoms with Gasteiger partial charge in [0.25, 0.3) is 5.69 Å². The third-order valence-electron chi connectivity index (χ3n) is 3.90. The lowest BCUT2D eigenvalue weighted by Crippen LogP contribution is -2.50. The number of nitro groups is 1. The topological polar surface area (TPSA) is 88.8 Å². The van der Waals surface area contributed by atoms with E-state index in [9.17, 15) is 14.9 Å². The number of carbonyl (C=O) groups is 1. The Kier molecular flexibility index (Phi) is 5.26. The normalized spacial score (nSPS) is 18.2. The van der Waals surface area contributed by atoms with Gasteiger partial charge in [-0.15, -0.1) is 0 Å². The molecule has 8 heteroatoms. The van der Waals surface area contributed by atoms with Crippen LogP contribution in [0.4, 0.5) is 16.3 Å². The fraction of sp³-hybridized carbons (Fsp3) is 0.625. The summed E-state index contributed by atoms with van der Waals surface area (Å²) in [5.74, 6) is 0.650. The van der Waals surface area contributed by atoms with Crippen LogP contribution in [0, 0.1) is 10.1 Å². The molecule has 2 rings (SSSR count). The molecular formula is C16H24N4O4. The highest BCUT2D eigenvalue weighted by molar-refractivity contribution is 5.68. The Morgan fingerprint density at radius 3 is 2.71 bits per heavy atom. The summed E-state index contributed by atoms with van der Waals surface area (Å²) < 4.78 is 5.43. The molecule has 0 N–H and O–H groups in total. The van der Waals surface area contributed by atoms with Crippen molar-refractivity contribution in [3.63, 3.8) is 0 Å². The molecule has 1 saturated heterocycles. The second kappa shape index (κ2) is 7.02. The standard InChI is InChI=1S/C16H24N4O4/c1-16(2,3)24-15(21)19-9-5-6-13(11-19)18(4)14-8-7-12(10-17-14)20(22)23/h7-8,10,13H,5-6,9,11H2,1-4H3/t13-/m0/s1. The van der Waals surface area contributed by atoms with Gasteiger partial charge >= 0.3 is 6.09 Å². The summed E-state index contributed by atoms with van der Waals surface area (Å²) in [6, 6.07) is 3.16. The number of nitrogens with zero attached hydrogens (tertiary/aromatic N) is 4. The molecule has 1 atom stereocenters. The zero-order valence-electron chi connectivity index (χ0n) is 14.6. The molecule has 1 aliphatic heterocycles. The maximum absolute atomic E-state index is 12.2. The van der Waals surface area contributed by atoms with E-state index in [1.54, 1.807) is 11.0 Å². The zero-order valence-corrected chi connectivity index (χ0v) is 14.6. The number of rotatable bonds is 3. The minimum Gasteiger partial charge on any atom is -0.444 e. The number of carbonyl (C=O) groups excluding carboxylic acids is 1. The van der Waals surface area contributed by atoms with Crippen LogP contribution in [0.25, 0.3) is 0 Å². The van der Waals surface area contributed by atoms with Gasteiger partial charge in [-0.2, -0.15) is 0 Å². The van der Waals surface area contributed by atoms with Crippen LogP contribution < -0.4 is 4.90 Å². The quantitative estimate of drug-likeness (QED) is 0.623. The van der Waals surface area contributed by atoms with Crippen LogP contribution in [0.2, 0.25) is 0 Å². The second-order valence-electron chi connectivity index (χ2n) is 6.97. The van der Waals surface area contributed by atoms with Gasteiger partial charge in [0.05, 0.1) is 4.92 Å². The highest BCUT2D eigenvalue weighted by atomic mass is 16.6. The van der Waals surface area contributed by atoms with Gasteiger partial charge in [-0.1, -0.05) is 0 Å². The second-order valence-corrected chi connectivity index (χ2v) is 6.97. The number of likely N-dealkylation sites (tertiary alicyclic amines) is 1. The van der Waals surface area contributed by atoms with Gasteiger partial charge in [0, 0.05) is 32.2 Å². The van der Waals surface area contributed by atoms with Gasteiger partial charge in [-0.3, -0.25) is 10.1 Å². The smallest absolute Gasteiger partial charge is 0.410 e. The van der Waals surface area contributed by atoms with Crippen molar-refractivity contribution in [2.24, 2.45) is 0 Å². The third-order valence-corrected chi connectivity index (χ3v) is 3.90. The fourth-order valence-corrected chi connectivity index (χ4v) is 2.65. The summed E-state index contributed by atoms with van der Waals surface area (Å²) in [6.07, 6.45) is 2.74. The molecule has 24 heavy (non-hydrogen) atoms. The summed E-state index contributed by atoms with van der Waals surface area (Å²) >= 11 is 0. The lowest BCUT2D eigenvalue weighted by Gasteiger charge is -2.38. The molecule has 1 aliphatic rings. The van der Waals surface area contributed by atoms with E-state index >= 15 is 0 Å². The number of piperidine rings is 1. The van der Waals surface area contributed by atoms with Crippen molar-refractivity contribution >= 4 is 17.6 Å². The number of hydrogen-bond donors (Lipinski definition) is 0. The molecule has 0 spiro atoms. The number of anilines is 1. The van der Waals surface area contributed by atoms with Crippen molar-refractivity contribution in [3.8, 4) is 0 Å². The van der Waals surface area contributed by atoms with Gasteiger partial charge in [0.2, 0.25) is 0 Å². The molecule has 2 heterocycles. The number of amides is 1. The summed E-state index contributed by atoms with van der Waals surface area (Å²) in [4.78, 5) is 30.3. The summed E-state index contributed by atoms with van der Waals surface area (Å²) in [7, 11) is 1.89. The van der Waals surface area contributed by atoms with Crippen molar-refractivity contribution in [3.05, 3.63) is 28.4 Å². The van der Waals surface area contributed by atoms with Crippen LogP contribution in [0.15, 0.2) is 18.3 Å². The van der Waals surface area contributed by atoms with Gasteiger partial charge in [-0.25, -0.2) is 9.78 Å². The largest absolute Gasteiger partial charge is 0.444 e. The van der Waals surface area contributed by atoms with Gasteiger partial charge in [0.15, 0.2) is 0 Å². The van der Waals surface area contributed by atoms with E-state index in [0.717, 1.165) is 12.8 Å². The van der Waals surface area contributed by atoms with Crippen molar-refractivity contribution in [2.45, 2.75) is 45.3 Å². The Hall–Kier alpha value is -2.38. The predicted molar refractivity (Wildman–Crippen MR) is 90.1 cm³/mol. The molecule has 8 nitrogen and oxygen atoms in total. The predicted octanol–water partition coefficient (Wildman–Crippen LogP) is 2.83. The number of hydrogen-bond acceptors (Lipinski definition) is 6. The average Bonchev–Trinajstić information content (AvgIpc) is 2.53. The van der Waals surface area contributed by atoms with E-state index in [4.69, 9.17) is 4.74 Å². The molecule has 0 aliphatic carbocycles. The van der Waals surface area contributed by atoms with E-state index in [1.807, 2.05) is 32.7 Å². The maximum Gasteiger partial charge on any atom is 0.410 e. The van der Waals surface area contributed by atoms with E-state index in [-0.39, 0.29) is 17.8 Å². The first kappa shape index (κ1) is 18.0. The highest BCUT2D eigenvalue weighted by Gasteiger charge is 2.30. The van der Waals surface area contributed by atoms with Crippen LogP contribution in [0.5, 0.6) is 0 Å². The Labute approximate surface area is 141 Å². The first-order valence-corrected chi connectivity index (χ1v) is 7.98. The summed E-state index contributed by atoms with van der Waals surface area (Å²) in [6.45, 7) is 6.76. The van der Waals surface area contributed by atoms with E-state index in [0.29, 0.717) is 18.9 Å². The zero-order chi connectivity index (χ0) is 17.9. The van der Waals surface area contributed by atoms with Crippen LogP contribution >= 0.6 is 0 Å². The van der Waals surface area contributed by atoms with Gasteiger partial charge in [0.1, 0.15) is 17.6 Å². The van der Waals surface area contributed by atoms with E-state index < -0.39 is 10.5 Å². The van der Waals surface area contributed by atoms with Crippen LogP contribution in [0.1, 0.15) is 33.6 Å². The van der Waals surface area contributed by atoms with Crippen LogP contribution in [-0.4, -0.2) is 52.7 Å². The molecule has 1 fully saturated rings. The Bertz CT molecular complexity index is 597. The molecule has 0 aromatic carbocycles. The summed E-state index contributed by atoms with van der Waals surface area (Å²) in [5, 5.41) is 10.7. The highest BCUT2D eigenvalue weighted by Crippen LogP contribution is 2.22. The van der Waals surface area contributed by atoms with Gasteiger partial charge < -0.3 is 14.5 Å². The van der Waals surface area contributed by atoms with E-state index in [2.05, 4.69) is 4.98 Å². The molecule has 0 bridgehead atoms. The SMILES string of the molecule is CN(c1ccc([N+](=O)[O-])cn1)[C@H]1CCCN(C(=O)OC(C)(C)C)C1. The van der Waals surface area contributed by atoms with Crippen molar-refractivity contribution in [2.75, 3.05) is 25.0 Å². The van der Waals surface area contributed by atoms with Crippen molar-refractivity contribution in [1.29, 1.82) is 0 Å². The van der Waals surface area contributed by atoms with Crippen molar-refractivity contribution in [1.82, 2.24) is 9.88 Å². The molecule has 132 valence electrons. The van der Waals surface area contributed by atoms with E-state index in [1.165, 1.54) is 12.3 Å². The Morgan fingerprint density at radius 2 is 2.17 bits per heavy atom. The molecule has 0 radical (unpaired) electrons. The fourth-order valence-electron chi connectivity index (χ4n) is 2.65. The Balaban J connectivity index is 2.03. The minimum atomic E-state index is -0.518. The van der Waals surface area contributed by atoms with Gasteiger partial charge in [-0.05, 0) is 39.7 Å². The van der Waals surface area contributed by atoms with Crippen LogP contribution in [0.3, 0.4) is 0 Å². The monoisotopic (exact) mass is 336 g/mol.